The van der Waals surface area contributed by atoms with Gasteiger partial charge in [0.15, 0.2) is 21.3 Å². The first-order chi connectivity index (χ1) is 8.49. The van der Waals surface area contributed by atoms with Crippen LogP contribution >= 0.6 is 0 Å². The zero-order valence-electron chi connectivity index (χ0n) is 9.42. The summed E-state index contributed by atoms with van der Waals surface area (Å²) in [5.41, 5.74) is 0. The molecule has 0 atom stereocenters. The average Bonchev–Trinajstić information content (AvgIpc) is 2.36. The van der Waals surface area contributed by atoms with E-state index in [4.69, 9.17) is 9.47 Å². The van der Waals surface area contributed by atoms with E-state index in [1.165, 1.54) is 18.2 Å². The Morgan fingerprint density at radius 3 is 2.56 bits per heavy atom. The van der Waals surface area contributed by atoms with E-state index < -0.39 is 28.0 Å². The van der Waals surface area contributed by atoms with Crippen molar-refractivity contribution in [2.45, 2.75) is 11.3 Å². The molecule has 0 aromatic heterocycles. The molecule has 0 unspecified atom stereocenters. The van der Waals surface area contributed by atoms with Gasteiger partial charge >= 0.3 is 0 Å². The average molecular weight is 271 g/mol. The molecule has 1 aliphatic rings. The van der Waals surface area contributed by atoms with Crippen molar-refractivity contribution in [2.24, 2.45) is 0 Å². The molecule has 1 heterocycles. The number of benzene rings is 1. The van der Waals surface area contributed by atoms with Gasteiger partial charge in [-0.2, -0.15) is 0 Å². The maximum Gasteiger partial charge on any atom is 0.178 e. The number of ether oxygens (including phenoxy) is 2. The number of carboxylic acid groups (broad SMARTS) is 1. The first-order valence-electron chi connectivity index (χ1n) is 5.31. The molecule has 0 radical (unpaired) electrons. The van der Waals surface area contributed by atoms with Crippen LogP contribution in [-0.2, 0) is 14.6 Å². The fourth-order valence-corrected chi connectivity index (χ4v) is 2.79. The highest BCUT2D eigenvalue weighted by Crippen LogP contribution is 2.32. The molecule has 7 heteroatoms. The summed E-state index contributed by atoms with van der Waals surface area (Å²) in [5.74, 6) is -1.04. The Bertz CT molecular complexity index is 563. The number of rotatable bonds is 4. The maximum absolute atomic E-state index is 11.8. The van der Waals surface area contributed by atoms with Gasteiger partial charge in [-0.05, 0) is 12.1 Å². The Hall–Kier alpha value is -1.76. The molecule has 1 aliphatic heterocycles. The van der Waals surface area contributed by atoms with E-state index in [2.05, 4.69) is 0 Å². The molecule has 1 aromatic carbocycles. The lowest BCUT2D eigenvalue weighted by Gasteiger charge is -2.18. The third-order valence-electron chi connectivity index (χ3n) is 2.45. The zero-order valence-corrected chi connectivity index (χ0v) is 10.2. The molecule has 18 heavy (non-hydrogen) atoms. The van der Waals surface area contributed by atoms with Crippen molar-refractivity contribution in [3.63, 3.8) is 0 Å². The zero-order chi connectivity index (χ0) is 13.2. The van der Waals surface area contributed by atoms with Crippen molar-refractivity contribution in [2.75, 3.05) is 19.0 Å². The predicted molar refractivity (Wildman–Crippen MR) is 59.1 cm³/mol. The Kier molecular flexibility index (Phi) is 3.42. The molecule has 0 aliphatic carbocycles. The van der Waals surface area contributed by atoms with Crippen molar-refractivity contribution in [3.05, 3.63) is 18.2 Å². The van der Waals surface area contributed by atoms with Crippen molar-refractivity contribution in [1.29, 1.82) is 0 Å². The molecule has 2 rings (SSSR count). The highest BCUT2D eigenvalue weighted by Gasteiger charge is 2.19. The van der Waals surface area contributed by atoms with Crippen LogP contribution in [0.25, 0.3) is 0 Å². The number of hydrogen-bond acceptors (Lipinski definition) is 6. The minimum atomic E-state index is -3.65. The third-order valence-corrected chi connectivity index (χ3v) is 4.16. The van der Waals surface area contributed by atoms with Gasteiger partial charge in [0.1, 0.15) is 13.2 Å². The molecule has 0 amide bonds. The SMILES string of the molecule is O=C([O-])CCS(=O)(=O)c1ccc2c(c1)OCCO2. The van der Waals surface area contributed by atoms with E-state index in [9.17, 15) is 18.3 Å². The quantitative estimate of drug-likeness (QED) is 0.724. The van der Waals surface area contributed by atoms with Crippen LogP contribution < -0.4 is 14.6 Å². The fraction of sp³-hybridized carbons (Fsp3) is 0.364. The number of carbonyl (C=O) groups excluding carboxylic acids is 1. The number of hydrogen-bond donors (Lipinski definition) is 0. The lowest BCUT2D eigenvalue weighted by atomic mass is 10.3. The van der Waals surface area contributed by atoms with Gasteiger partial charge in [0.05, 0.1) is 10.6 Å². The molecule has 0 N–H and O–H groups in total. The largest absolute Gasteiger partial charge is 0.550 e. The fourth-order valence-electron chi connectivity index (χ4n) is 1.55. The van der Waals surface area contributed by atoms with Crippen LogP contribution in [0, 0.1) is 0 Å². The van der Waals surface area contributed by atoms with Gasteiger partial charge in [0, 0.05) is 18.5 Å². The normalized spacial score (nSPS) is 14.2. The number of fused-ring (bicyclic) bond motifs is 1. The summed E-state index contributed by atoms with van der Waals surface area (Å²) in [5, 5.41) is 10.3. The van der Waals surface area contributed by atoms with Crippen LogP contribution in [-0.4, -0.2) is 33.4 Å². The first-order valence-corrected chi connectivity index (χ1v) is 6.96. The molecule has 0 fully saturated rings. The highest BCUT2D eigenvalue weighted by atomic mass is 32.2. The van der Waals surface area contributed by atoms with Crippen molar-refractivity contribution in [1.82, 2.24) is 0 Å². The Balaban J connectivity index is 2.25. The van der Waals surface area contributed by atoms with Gasteiger partial charge in [-0.3, -0.25) is 0 Å². The van der Waals surface area contributed by atoms with E-state index in [0.717, 1.165) is 0 Å². The summed E-state index contributed by atoms with van der Waals surface area (Å²) in [6, 6.07) is 4.22. The van der Waals surface area contributed by atoms with Crippen LogP contribution in [0.1, 0.15) is 6.42 Å². The lowest BCUT2D eigenvalue weighted by Crippen LogP contribution is -2.25. The summed E-state index contributed by atoms with van der Waals surface area (Å²) in [6.07, 6.45) is -0.531. The van der Waals surface area contributed by atoms with E-state index in [1.54, 1.807) is 0 Å². The minimum Gasteiger partial charge on any atom is -0.550 e. The smallest absolute Gasteiger partial charge is 0.178 e. The monoisotopic (exact) mass is 271 g/mol. The van der Waals surface area contributed by atoms with Crippen molar-refractivity contribution in [3.8, 4) is 11.5 Å². The van der Waals surface area contributed by atoms with Crippen LogP contribution in [0.5, 0.6) is 11.5 Å². The summed E-state index contributed by atoms with van der Waals surface area (Å²) in [4.78, 5) is 10.3. The molecular weight excluding hydrogens is 260 g/mol. The highest BCUT2D eigenvalue weighted by molar-refractivity contribution is 7.91. The molecule has 6 nitrogen and oxygen atoms in total. The second-order valence-corrected chi connectivity index (χ2v) is 5.86. The van der Waals surface area contributed by atoms with Gasteiger partial charge in [0.2, 0.25) is 0 Å². The molecule has 98 valence electrons. The Morgan fingerprint density at radius 1 is 1.22 bits per heavy atom. The summed E-state index contributed by atoms with van der Waals surface area (Å²) >= 11 is 0. The molecule has 0 bridgehead atoms. The standard InChI is InChI=1S/C11H12O6S/c12-11(13)3-6-18(14,15)8-1-2-9-10(7-8)17-5-4-16-9/h1-2,7H,3-6H2,(H,12,13)/p-1. The van der Waals surface area contributed by atoms with Crippen LogP contribution in [0.2, 0.25) is 0 Å². The number of aliphatic carboxylic acids is 1. The second-order valence-electron chi connectivity index (χ2n) is 3.75. The molecule has 1 aromatic rings. The lowest BCUT2D eigenvalue weighted by molar-refractivity contribution is -0.305. The number of carbonyl (C=O) groups is 1. The molecule has 0 saturated carbocycles. The molecular formula is C11H11O6S-. The van der Waals surface area contributed by atoms with Gasteiger partial charge in [-0.15, -0.1) is 0 Å². The summed E-state index contributed by atoms with van der Waals surface area (Å²) in [6.45, 7) is 0.777. The van der Waals surface area contributed by atoms with Gasteiger partial charge in [0.25, 0.3) is 0 Å². The van der Waals surface area contributed by atoms with E-state index in [-0.39, 0.29) is 4.90 Å². The maximum atomic E-state index is 11.8. The molecule has 0 saturated heterocycles. The van der Waals surface area contributed by atoms with E-state index in [0.29, 0.717) is 24.7 Å². The Morgan fingerprint density at radius 2 is 1.89 bits per heavy atom. The topological polar surface area (TPSA) is 92.7 Å². The summed E-state index contributed by atoms with van der Waals surface area (Å²) in [7, 11) is -3.65. The van der Waals surface area contributed by atoms with Crippen LogP contribution in [0.4, 0.5) is 0 Å². The van der Waals surface area contributed by atoms with Gasteiger partial charge in [-0.1, -0.05) is 0 Å². The van der Waals surface area contributed by atoms with E-state index >= 15 is 0 Å². The Labute approximate surface area is 104 Å². The predicted octanol–water partition coefficient (Wildman–Crippen LogP) is -0.629. The number of sulfone groups is 1. The number of carboxylic acids is 1. The summed E-state index contributed by atoms with van der Waals surface area (Å²) < 4.78 is 34.2. The van der Waals surface area contributed by atoms with Crippen molar-refractivity contribution >= 4 is 15.8 Å². The second kappa shape index (κ2) is 4.85. The van der Waals surface area contributed by atoms with Crippen LogP contribution in [0.3, 0.4) is 0 Å². The third kappa shape index (κ3) is 2.73. The van der Waals surface area contributed by atoms with Crippen LogP contribution in [0.15, 0.2) is 23.1 Å². The van der Waals surface area contributed by atoms with E-state index in [1.807, 2.05) is 0 Å². The molecule has 0 spiro atoms. The van der Waals surface area contributed by atoms with Gasteiger partial charge in [-0.25, -0.2) is 8.42 Å². The first kappa shape index (κ1) is 12.7. The minimum absolute atomic E-state index is 0.0213. The van der Waals surface area contributed by atoms with Crippen molar-refractivity contribution < 1.29 is 27.8 Å². The van der Waals surface area contributed by atoms with Gasteiger partial charge < -0.3 is 19.4 Å².